The summed E-state index contributed by atoms with van der Waals surface area (Å²) in [6.07, 6.45) is 54.7. The minimum absolute atomic E-state index is 0.0707. The van der Waals surface area contributed by atoms with Crippen LogP contribution in [0.2, 0.25) is 0 Å². The molecule has 0 saturated heterocycles. The summed E-state index contributed by atoms with van der Waals surface area (Å²) in [6, 6.07) is 0. The van der Waals surface area contributed by atoms with Gasteiger partial charge in [-0.25, -0.2) is 0 Å². The Balaban J connectivity index is 4.19. The monoisotopic (exact) mass is 831 g/mol. The third-order valence-corrected chi connectivity index (χ3v) is 11.5. The maximum absolute atomic E-state index is 12.7. The predicted octanol–water partition coefficient (Wildman–Crippen LogP) is 16.8. The number of esters is 3. The Morgan fingerprint density at radius 2 is 0.610 bits per heavy atom. The van der Waals surface area contributed by atoms with Crippen LogP contribution in [-0.4, -0.2) is 37.2 Å². The Kier molecular flexibility index (Phi) is 46.8. The van der Waals surface area contributed by atoms with Crippen molar-refractivity contribution in [1.82, 2.24) is 0 Å². The molecule has 0 heterocycles. The number of unbranched alkanes of at least 4 members (excludes halogenated alkanes) is 32. The van der Waals surface area contributed by atoms with Gasteiger partial charge in [0.25, 0.3) is 0 Å². The summed E-state index contributed by atoms with van der Waals surface area (Å²) in [6.45, 7) is 6.59. The lowest BCUT2D eigenvalue weighted by molar-refractivity contribution is -0.167. The molecule has 0 aliphatic heterocycles. The second-order valence-electron chi connectivity index (χ2n) is 17.4. The summed E-state index contributed by atoms with van der Waals surface area (Å²) in [7, 11) is 0. The van der Waals surface area contributed by atoms with E-state index >= 15 is 0 Å². The van der Waals surface area contributed by atoms with Gasteiger partial charge in [0.2, 0.25) is 0 Å². The van der Waals surface area contributed by atoms with E-state index in [4.69, 9.17) is 14.2 Å². The molecule has 1 atom stereocenters. The highest BCUT2D eigenvalue weighted by Crippen LogP contribution is 2.16. The van der Waals surface area contributed by atoms with Crippen LogP contribution in [0.3, 0.4) is 0 Å². The van der Waals surface area contributed by atoms with E-state index in [2.05, 4.69) is 45.1 Å². The van der Waals surface area contributed by atoms with Crippen molar-refractivity contribution >= 4 is 17.9 Å². The van der Waals surface area contributed by atoms with Gasteiger partial charge in [0.1, 0.15) is 13.2 Å². The maximum atomic E-state index is 12.7. The average molecular weight is 831 g/mol. The summed E-state index contributed by atoms with van der Waals surface area (Å²) in [4.78, 5) is 37.7. The van der Waals surface area contributed by atoms with Crippen LogP contribution in [0.25, 0.3) is 0 Å². The van der Waals surface area contributed by atoms with E-state index in [1.54, 1.807) is 0 Å². The fourth-order valence-corrected chi connectivity index (χ4v) is 7.53. The first-order chi connectivity index (χ1) is 29.0. The molecule has 6 nitrogen and oxygen atoms in total. The molecule has 0 fully saturated rings. The maximum Gasteiger partial charge on any atom is 0.306 e. The average Bonchev–Trinajstić information content (AvgIpc) is 3.23. The second-order valence-corrected chi connectivity index (χ2v) is 17.4. The Bertz CT molecular complexity index is 958. The molecular weight excluding hydrogens is 733 g/mol. The van der Waals surface area contributed by atoms with E-state index in [0.29, 0.717) is 19.3 Å². The van der Waals surface area contributed by atoms with Crippen LogP contribution < -0.4 is 0 Å². The molecule has 346 valence electrons. The number of hydrogen-bond acceptors (Lipinski definition) is 6. The van der Waals surface area contributed by atoms with E-state index in [1.165, 1.54) is 167 Å². The first-order valence-corrected chi connectivity index (χ1v) is 25.8. The number of ether oxygens (including phenoxy) is 3. The summed E-state index contributed by atoms with van der Waals surface area (Å²) < 4.78 is 16.7. The topological polar surface area (TPSA) is 78.9 Å². The standard InChI is InChI=1S/C53H98O6/c1-4-7-10-13-16-18-20-22-24-26-28-29-31-33-35-37-40-43-46-52(55)58-49-50(48-57-51(54)45-42-39-15-12-9-6-3)59-53(56)47-44-41-38-36-34-32-30-27-25-23-21-19-17-14-11-8-5-2/h18,20,24,26,50H,4-17,19,21-23,25,27-49H2,1-3H3/b20-18-,26-24-. The summed E-state index contributed by atoms with van der Waals surface area (Å²) >= 11 is 0. The van der Waals surface area contributed by atoms with Crippen LogP contribution in [0.5, 0.6) is 0 Å². The van der Waals surface area contributed by atoms with Crippen molar-refractivity contribution in [2.45, 2.75) is 284 Å². The fraction of sp³-hybridized carbons (Fsp3) is 0.868. The van der Waals surface area contributed by atoms with Crippen molar-refractivity contribution in [1.29, 1.82) is 0 Å². The predicted molar refractivity (Wildman–Crippen MR) is 252 cm³/mol. The number of carbonyl (C=O) groups is 3. The molecule has 0 amide bonds. The highest BCUT2D eigenvalue weighted by molar-refractivity contribution is 5.71. The van der Waals surface area contributed by atoms with Crippen LogP contribution in [-0.2, 0) is 28.6 Å². The van der Waals surface area contributed by atoms with Crippen molar-refractivity contribution < 1.29 is 28.6 Å². The van der Waals surface area contributed by atoms with Gasteiger partial charge in [0.05, 0.1) is 0 Å². The molecule has 0 rings (SSSR count). The summed E-state index contributed by atoms with van der Waals surface area (Å²) in [5, 5.41) is 0. The van der Waals surface area contributed by atoms with E-state index < -0.39 is 6.10 Å². The highest BCUT2D eigenvalue weighted by Gasteiger charge is 2.19. The van der Waals surface area contributed by atoms with Crippen molar-refractivity contribution in [3.63, 3.8) is 0 Å². The largest absolute Gasteiger partial charge is 0.462 e. The normalized spacial score (nSPS) is 12.1. The Morgan fingerprint density at radius 3 is 0.949 bits per heavy atom. The third kappa shape index (κ3) is 46.8. The molecule has 0 spiro atoms. The van der Waals surface area contributed by atoms with Gasteiger partial charge in [-0.15, -0.1) is 0 Å². The number of carbonyl (C=O) groups excluding carboxylic acids is 3. The number of rotatable bonds is 47. The van der Waals surface area contributed by atoms with Gasteiger partial charge >= 0.3 is 17.9 Å². The van der Waals surface area contributed by atoms with Crippen LogP contribution >= 0.6 is 0 Å². The fourth-order valence-electron chi connectivity index (χ4n) is 7.53. The minimum atomic E-state index is -0.766. The Morgan fingerprint density at radius 1 is 0.339 bits per heavy atom. The van der Waals surface area contributed by atoms with Gasteiger partial charge in [-0.05, 0) is 51.4 Å². The van der Waals surface area contributed by atoms with Crippen molar-refractivity contribution in [3.05, 3.63) is 24.3 Å². The van der Waals surface area contributed by atoms with Gasteiger partial charge in [-0.3, -0.25) is 14.4 Å². The molecule has 0 aromatic carbocycles. The van der Waals surface area contributed by atoms with Gasteiger partial charge in [0, 0.05) is 19.3 Å². The van der Waals surface area contributed by atoms with E-state index in [-0.39, 0.29) is 31.1 Å². The SMILES string of the molecule is CCCCCC/C=C\C/C=C\CCCCCCCCCC(=O)OCC(COC(=O)CCCCCCCC)OC(=O)CCCCCCCCCCCCCCCCCCC. The van der Waals surface area contributed by atoms with E-state index in [1.807, 2.05) is 0 Å². The zero-order valence-corrected chi connectivity index (χ0v) is 39.5. The zero-order valence-electron chi connectivity index (χ0n) is 39.5. The lowest BCUT2D eigenvalue weighted by atomic mass is 10.0. The number of allylic oxidation sites excluding steroid dienone is 4. The molecule has 59 heavy (non-hydrogen) atoms. The smallest absolute Gasteiger partial charge is 0.306 e. The first kappa shape index (κ1) is 56.9. The molecule has 0 bridgehead atoms. The quantitative estimate of drug-likeness (QED) is 0.0263. The lowest BCUT2D eigenvalue weighted by Gasteiger charge is -2.18. The molecule has 0 N–H and O–H groups in total. The molecule has 0 saturated carbocycles. The summed E-state index contributed by atoms with van der Waals surface area (Å²) in [5.41, 5.74) is 0. The Labute approximate surface area is 366 Å². The van der Waals surface area contributed by atoms with Crippen LogP contribution in [0.1, 0.15) is 278 Å². The first-order valence-electron chi connectivity index (χ1n) is 25.8. The summed E-state index contributed by atoms with van der Waals surface area (Å²) in [5.74, 6) is -0.875. The van der Waals surface area contributed by atoms with Gasteiger partial charge < -0.3 is 14.2 Å². The molecule has 6 heteroatoms. The lowest BCUT2D eigenvalue weighted by Crippen LogP contribution is -2.30. The molecule has 1 unspecified atom stereocenters. The van der Waals surface area contributed by atoms with Crippen LogP contribution in [0.4, 0.5) is 0 Å². The van der Waals surface area contributed by atoms with Gasteiger partial charge in [0.15, 0.2) is 6.10 Å². The molecular formula is C53H98O6. The molecule has 0 radical (unpaired) electrons. The number of hydrogen-bond donors (Lipinski definition) is 0. The second kappa shape index (κ2) is 48.6. The van der Waals surface area contributed by atoms with E-state index in [0.717, 1.165) is 70.6 Å². The van der Waals surface area contributed by atoms with Crippen LogP contribution in [0.15, 0.2) is 24.3 Å². The third-order valence-electron chi connectivity index (χ3n) is 11.5. The van der Waals surface area contributed by atoms with Crippen molar-refractivity contribution in [2.24, 2.45) is 0 Å². The van der Waals surface area contributed by atoms with E-state index in [9.17, 15) is 14.4 Å². The highest BCUT2D eigenvalue weighted by atomic mass is 16.6. The van der Waals surface area contributed by atoms with Gasteiger partial charge in [-0.1, -0.05) is 231 Å². The molecule has 0 aliphatic rings. The minimum Gasteiger partial charge on any atom is -0.462 e. The Hall–Kier alpha value is -2.11. The molecule has 0 aromatic rings. The van der Waals surface area contributed by atoms with Crippen molar-refractivity contribution in [3.8, 4) is 0 Å². The van der Waals surface area contributed by atoms with Crippen LogP contribution in [0, 0.1) is 0 Å². The molecule has 0 aliphatic carbocycles. The zero-order chi connectivity index (χ0) is 43.0. The van der Waals surface area contributed by atoms with Crippen molar-refractivity contribution in [2.75, 3.05) is 13.2 Å². The molecule has 0 aromatic heterocycles. The van der Waals surface area contributed by atoms with Gasteiger partial charge in [-0.2, -0.15) is 0 Å².